The summed E-state index contributed by atoms with van der Waals surface area (Å²) >= 11 is 0. The Bertz CT molecular complexity index is 444. The molecule has 0 radical (unpaired) electrons. The molecule has 0 amide bonds. The highest BCUT2D eigenvalue weighted by atomic mass is 16.5. The summed E-state index contributed by atoms with van der Waals surface area (Å²) in [7, 11) is 1.59. The van der Waals surface area contributed by atoms with E-state index in [1.165, 1.54) is 0 Å². The first-order chi connectivity index (χ1) is 9.28. The van der Waals surface area contributed by atoms with E-state index in [2.05, 4.69) is 39.7 Å². The zero-order chi connectivity index (χ0) is 15.3. The van der Waals surface area contributed by atoms with Crippen molar-refractivity contribution >= 4 is 5.78 Å². The number of Topliss-reactive ketones (excluding diaryl/α,β-unsaturated/α-hetero) is 1. The van der Waals surface area contributed by atoms with Crippen LogP contribution in [0.4, 0.5) is 0 Å². The van der Waals surface area contributed by atoms with Crippen molar-refractivity contribution < 1.29 is 9.53 Å². The van der Waals surface area contributed by atoms with Gasteiger partial charge in [-0.3, -0.25) is 9.48 Å². The third-order valence-corrected chi connectivity index (χ3v) is 3.22. The van der Waals surface area contributed by atoms with Gasteiger partial charge < -0.3 is 4.74 Å². The van der Waals surface area contributed by atoms with Crippen LogP contribution < -0.4 is 4.74 Å². The molecule has 1 rings (SSSR count). The van der Waals surface area contributed by atoms with Crippen LogP contribution in [0.1, 0.15) is 64.4 Å². The standard InChI is InChI=1S/C16H28N2O2/c1-7-8-18-15(14(20-6)11-17-18)13(19)9-12(2)10-16(3,4)5/h11-12H,7-10H2,1-6H3. The first-order valence-corrected chi connectivity index (χ1v) is 7.41. The number of methoxy groups -OCH3 is 1. The lowest BCUT2D eigenvalue weighted by atomic mass is 9.83. The molecule has 1 unspecified atom stereocenters. The average Bonchev–Trinajstić information content (AvgIpc) is 2.69. The lowest BCUT2D eigenvalue weighted by molar-refractivity contribution is 0.0940. The molecule has 1 aromatic rings. The molecule has 4 nitrogen and oxygen atoms in total. The van der Waals surface area contributed by atoms with Crippen LogP contribution in [-0.2, 0) is 6.54 Å². The van der Waals surface area contributed by atoms with Gasteiger partial charge in [0.2, 0.25) is 0 Å². The molecule has 20 heavy (non-hydrogen) atoms. The number of aryl methyl sites for hydroxylation is 1. The van der Waals surface area contributed by atoms with Crippen LogP contribution in [0.2, 0.25) is 0 Å². The number of hydrogen-bond acceptors (Lipinski definition) is 3. The smallest absolute Gasteiger partial charge is 0.184 e. The molecule has 114 valence electrons. The van der Waals surface area contributed by atoms with Crippen molar-refractivity contribution in [2.45, 2.75) is 60.4 Å². The molecule has 0 fully saturated rings. The van der Waals surface area contributed by atoms with Crippen LogP contribution in [0.5, 0.6) is 5.75 Å². The van der Waals surface area contributed by atoms with Gasteiger partial charge in [-0.1, -0.05) is 34.6 Å². The van der Waals surface area contributed by atoms with Crippen LogP contribution >= 0.6 is 0 Å². The van der Waals surface area contributed by atoms with E-state index < -0.39 is 0 Å². The summed E-state index contributed by atoms with van der Waals surface area (Å²) in [6, 6.07) is 0. The molecule has 4 heteroatoms. The first kappa shape index (κ1) is 16.7. The average molecular weight is 280 g/mol. The number of nitrogens with zero attached hydrogens (tertiary/aromatic N) is 2. The van der Waals surface area contributed by atoms with E-state index in [0.29, 0.717) is 23.8 Å². The molecular weight excluding hydrogens is 252 g/mol. The first-order valence-electron chi connectivity index (χ1n) is 7.41. The van der Waals surface area contributed by atoms with E-state index >= 15 is 0 Å². The van der Waals surface area contributed by atoms with Crippen molar-refractivity contribution in [1.29, 1.82) is 0 Å². The van der Waals surface area contributed by atoms with E-state index in [1.54, 1.807) is 18.0 Å². The Morgan fingerprint density at radius 3 is 2.60 bits per heavy atom. The highest BCUT2D eigenvalue weighted by molar-refractivity contribution is 5.97. The summed E-state index contributed by atoms with van der Waals surface area (Å²) in [4.78, 5) is 12.5. The molecule has 1 atom stereocenters. The Morgan fingerprint density at radius 1 is 1.45 bits per heavy atom. The van der Waals surface area contributed by atoms with Crippen LogP contribution in [0.15, 0.2) is 6.20 Å². The highest BCUT2D eigenvalue weighted by Crippen LogP contribution is 2.28. The Labute approximate surface area is 122 Å². The summed E-state index contributed by atoms with van der Waals surface area (Å²) < 4.78 is 7.04. The molecule has 0 saturated heterocycles. The fraction of sp³-hybridized carbons (Fsp3) is 0.750. The van der Waals surface area contributed by atoms with Crippen LogP contribution in [0, 0.1) is 11.3 Å². The lowest BCUT2D eigenvalue weighted by Crippen LogP contribution is -2.17. The van der Waals surface area contributed by atoms with Crippen LogP contribution in [0.25, 0.3) is 0 Å². The SMILES string of the molecule is CCCn1ncc(OC)c1C(=O)CC(C)CC(C)(C)C. The number of hydrogen-bond donors (Lipinski definition) is 0. The maximum atomic E-state index is 12.5. The summed E-state index contributed by atoms with van der Waals surface area (Å²) in [6.45, 7) is 11.6. The van der Waals surface area contributed by atoms with Gasteiger partial charge in [-0.15, -0.1) is 0 Å². The van der Waals surface area contributed by atoms with E-state index in [1.807, 2.05) is 0 Å². The fourth-order valence-corrected chi connectivity index (χ4v) is 2.71. The lowest BCUT2D eigenvalue weighted by Gasteiger charge is -2.22. The molecule has 0 aliphatic rings. The Kier molecular flexibility index (Phi) is 5.78. The fourth-order valence-electron chi connectivity index (χ4n) is 2.71. The van der Waals surface area contributed by atoms with Crippen molar-refractivity contribution in [3.63, 3.8) is 0 Å². The van der Waals surface area contributed by atoms with Gasteiger partial charge >= 0.3 is 0 Å². The van der Waals surface area contributed by atoms with Crippen molar-refractivity contribution in [1.82, 2.24) is 9.78 Å². The quantitative estimate of drug-likeness (QED) is 0.710. The van der Waals surface area contributed by atoms with Gasteiger partial charge in [0.25, 0.3) is 0 Å². The van der Waals surface area contributed by atoms with Gasteiger partial charge in [0.15, 0.2) is 11.5 Å². The summed E-state index contributed by atoms with van der Waals surface area (Å²) in [5.74, 6) is 1.08. The van der Waals surface area contributed by atoms with E-state index in [0.717, 1.165) is 19.4 Å². The summed E-state index contributed by atoms with van der Waals surface area (Å²) in [5, 5.41) is 4.25. The predicted octanol–water partition coefficient (Wildman–Crippen LogP) is 3.95. The number of ketones is 1. The minimum atomic E-state index is 0.129. The van der Waals surface area contributed by atoms with Crippen molar-refractivity contribution in [3.8, 4) is 5.75 Å². The Hall–Kier alpha value is -1.32. The molecule has 0 bridgehead atoms. The van der Waals surface area contributed by atoms with Crippen molar-refractivity contribution in [3.05, 3.63) is 11.9 Å². The molecule has 1 aromatic heterocycles. The highest BCUT2D eigenvalue weighted by Gasteiger charge is 2.23. The zero-order valence-corrected chi connectivity index (χ0v) is 13.7. The second-order valence-corrected chi connectivity index (χ2v) is 6.78. The van der Waals surface area contributed by atoms with Gasteiger partial charge in [-0.2, -0.15) is 5.10 Å². The molecule has 0 N–H and O–H groups in total. The minimum Gasteiger partial charge on any atom is -0.493 e. The van der Waals surface area contributed by atoms with Crippen LogP contribution in [-0.4, -0.2) is 22.7 Å². The molecule has 0 saturated carbocycles. The van der Waals surface area contributed by atoms with Crippen molar-refractivity contribution in [2.24, 2.45) is 11.3 Å². The van der Waals surface area contributed by atoms with E-state index in [-0.39, 0.29) is 11.2 Å². The molecule has 0 spiro atoms. The molecule has 1 heterocycles. The second kappa shape index (κ2) is 6.91. The topological polar surface area (TPSA) is 44.1 Å². The third kappa shape index (κ3) is 4.66. The maximum Gasteiger partial charge on any atom is 0.184 e. The Morgan fingerprint density at radius 2 is 2.10 bits per heavy atom. The Balaban J connectivity index is 2.83. The van der Waals surface area contributed by atoms with Gasteiger partial charge in [0, 0.05) is 13.0 Å². The zero-order valence-electron chi connectivity index (χ0n) is 13.7. The molecular formula is C16H28N2O2. The second-order valence-electron chi connectivity index (χ2n) is 6.78. The normalized spacial score (nSPS) is 13.3. The maximum absolute atomic E-state index is 12.5. The van der Waals surface area contributed by atoms with Gasteiger partial charge in [0.1, 0.15) is 5.69 Å². The molecule has 0 aliphatic heterocycles. The summed E-state index contributed by atoms with van der Waals surface area (Å²) in [6.07, 6.45) is 4.16. The number of ether oxygens (including phenoxy) is 1. The number of carbonyl (C=O) groups excluding carboxylic acids is 1. The predicted molar refractivity (Wildman–Crippen MR) is 81.3 cm³/mol. The third-order valence-electron chi connectivity index (χ3n) is 3.22. The van der Waals surface area contributed by atoms with Gasteiger partial charge in [0.05, 0.1) is 13.3 Å². The number of rotatable bonds is 7. The molecule has 0 aromatic carbocycles. The number of carbonyl (C=O) groups is 1. The van der Waals surface area contributed by atoms with Crippen molar-refractivity contribution in [2.75, 3.05) is 7.11 Å². The van der Waals surface area contributed by atoms with Gasteiger partial charge in [-0.25, -0.2) is 0 Å². The minimum absolute atomic E-state index is 0.129. The van der Waals surface area contributed by atoms with Gasteiger partial charge in [-0.05, 0) is 24.2 Å². The number of aromatic nitrogens is 2. The van der Waals surface area contributed by atoms with E-state index in [4.69, 9.17) is 4.74 Å². The largest absolute Gasteiger partial charge is 0.493 e. The van der Waals surface area contributed by atoms with Crippen LogP contribution in [0.3, 0.4) is 0 Å². The molecule has 0 aliphatic carbocycles. The monoisotopic (exact) mass is 280 g/mol. The van der Waals surface area contributed by atoms with E-state index in [9.17, 15) is 4.79 Å². The summed E-state index contributed by atoms with van der Waals surface area (Å²) in [5.41, 5.74) is 0.864.